The molecule has 0 aliphatic rings. The Hall–Kier alpha value is -3.46. The second-order valence-electron chi connectivity index (χ2n) is 9.20. The van der Waals surface area contributed by atoms with Crippen molar-refractivity contribution in [1.29, 1.82) is 0 Å². The summed E-state index contributed by atoms with van der Waals surface area (Å²) in [4.78, 5) is 41.0. The summed E-state index contributed by atoms with van der Waals surface area (Å²) in [5, 5.41) is 5.45. The van der Waals surface area contributed by atoms with E-state index in [1.807, 2.05) is 25.1 Å². The van der Waals surface area contributed by atoms with Gasteiger partial charge in [-0.1, -0.05) is 35.9 Å². The smallest absolute Gasteiger partial charge is 0.408 e. The molecule has 9 heteroatoms. The van der Waals surface area contributed by atoms with Crippen molar-refractivity contribution in [2.75, 3.05) is 24.7 Å². The fraction of sp³-hybridized carbons (Fsp3) is 0.370. The minimum Gasteiger partial charge on any atom is -0.497 e. The molecule has 0 spiro atoms. The maximum atomic E-state index is 13.7. The lowest BCUT2D eigenvalue weighted by molar-refractivity contribution is -0.139. The number of rotatable bonds is 10. The van der Waals surface area contributed by atoms with Gasteiger partial charge in [0.1, 0.15) is 23.4 Å². The van der Waals surface area contributed by atoms with Crippen LogP contribution < -0.4 is 15.4 Å². The second kappa shape index (κ2) is 13.0. The van der Waals surface area contributed by atoms with Crippen molar-refractivity contribution in [3.8, 4) is 5.75 Å². The van der Waals surface area contributed by atoms with E-state index in [1.54, 1.807) is 58.2 Å². The predicted octanol–water partition coefficient (Wildman–Crippen LogP) is 4.52. The van der Waals surface area contributed by atoms with Crippen molar-refractivity contribution in [3.63, 3.8) is 0 Å². The molecular formula is C27H35N3O5S. The third kappa shape index (κ3) is 8.34. The molecule has 0 aromatic heterocycles. The molecule has 0 aliphatic heterocycles. The summed E-state index contributed by atoms with van der Waals surface area (Å²) < 4.78 is 10.5. The number of anilines is 1. The molecule has 0 bridgehead atoms. The summed E-state index contributed by atoms with van der Waals surface area (Å²) in [6.07, 6.45) is 0.785. The highest BCUT2D eigenvalue weighted by Crippen LogP contribution is 2.26. The lowest BCUT2D eigenvalue weighted by atomic mass is 10.0. The maximum absolute atomic E-state index is 13.7. The zero-order valence-corrected chi connectivity index (χ0v) is 22.3. The summed E-state index contributed by atoms with van der Waals surface area (Å²) in [6.45, 7) is 10.9. The van der Waals surface area contributed by atoms with E-state index in [4.69, 9.17) is 9.47 Å². The molecule has 36 heavy (non-hydrogen) atoms. The van der Waals surface area contributed by atoms with Crippen molar-refractivity contribution in [3.05, 3.63) is 72.3 Å². The second-order valence-corrected chi connectivity index (χ2v) is 9.56. The van der Waals surface area contributed by atoms with Crippen LogP contribution in [0.3, 0.4) is 0 Å². The molecule has 8 nitrogen and oxygen atoms in total. The van der Waals surface area contributed by atoms with E-state index in [0.29, 0.717) is 17.0 Å². The quantitative estimate of drug-likeness (QED) is 0.321. The number of alkyl carbamates (subject to hydrolysis) is 1. The molecule has 3 amide bonds. The maximum Gasteiger partial charge on any atom is 0.408 e. The van der Waals surface area contributed by atoms with Crippen LogP contribution in [0.25, 0.3) is 0 Å². The van der Waals surface area contributed by atoms with Gasteiger partial charge in [-0.05, 0) is 57.5 Å². The van der Waals surface area contributed by atoms with E-state index in [1.165, 1.54) is 11.0 Å². The van der Waals surface area contributed by atoms with Gasteiger partial charge in [-0.2, -0.15) is 12.6 Å². The molecule has 0 fully saturated rings. The van der Waals surface area contributed by atoms with Gasteiger partial charge in [0.25, 0.3) is 5.91 Å². The highest BCUT2D eigenvalue weighted by Gasteiger charge is 2.35. The van der Waals surface area contributed by atoms with E-state index in [9.17, 15) is 14.4 Å². The highest BCUT2D eigenvalue weighted by molar-refractivity contribution is 7.80. The largest absolute Gasteiger partial charge is 0.497 e. The normalized spacial score (nSPS) is 12.6. The molecule has 2 unspecified atom stereocenters. The van der Waals surface area contributed by atoms with E-state index in [2.05, 4.69) is 29.8 Å². The van der Waals surface area contributed by atoms with E-state index in [0.717, 1.165) is 5.56 Å². The Bertz CT molecular complexity index is 1070. The molecule has 0 saturated carbocycles. The van der Waals surface area contributed by atoms with E-state index >= 15 is 0 Å². The van der Waals surface area contributed by atoms with Crippen LogP contribution in [-0.4, -0.2) is 53.9 Å². The Morgan fingerprint density at radius 2 is 1.81 bits per heavy atom. The molecule has 2 atom stereocenters. The standard InChI is InChI=1S/C27H35N3O5S/c1-7-15-30(25(32)22(17-36)29-26(33)35-27(3,4)5)23(19-10-8-9-18(2)16-19)24(31)28-20-11-13-21(34-6)14-12-20/h7-14,16,22-23,36H,1,15,17H2,2-6H3,(H,28,31)(H,29,33). The van der Waals surface area contributed by atoms with Gasteiger partial charge in [0.15, 0.2) is 0 Å². The fourth-order valence-electron chi connectivity index (χ4n) is 3.50. The molecule has 0 radical (unpaired) electrons. The Labute approximate surface area is 218 Å². The molecule has 0 aliphatic carbocycles. The monoisotopic (exact) mass is 513 g/mol. The van der Waals surface area contributed by atoms with Gasteiger partial charge in [-0.15, -0.1) is 6.58 Å². The van der Waals surface area contributed by atoms with Crippen molar-refractivity contribution in [2.45, 2.75) is 45.4 Å². The first kappa shape index (κ1) is 28.8. The van der Waals surface area contributed by atoms with E-state index in [-0.39, 0.29) is 12.3 Å². The molecule has 2 aromatic carbocycles. The number of hydrogen-bond acceptors (Lipinski definition) is 6. The van der Waals surface area contributed by atoms with Crippen LogP contribution >= 0.6 is 12.6 Å². The summed E-state index contributed by atoms with van der Waals surface area (Å²) in [5.74, 6) is -0.258. The van der Waals surface area contributed by atoms with Gasteiger partial charge in [-0.25, -0.2) is 4.79 Å². The van der Waals surface area contributed by atoms with Gasteiger partial charge in [0.05, 0.1) is 7.11 Å². The van der Waals surface area contributed by atoms with Crippen molar-refractivity contribution >= 4 is 36.2 Å². The molecule has 2 aromatic rings. The number of hydrogen-bond donors (Lipinski definition) is 3. The first-order chi connectivity index (χ1) is 17.0. The Morgan fingerprint density at radius 1 is 1.14 bits per heavy atom. The Balaban J connectivity index is 2.42. The summed E-state index contributed by atoms with van der Waals surface area (Å²) in [6, 6.07) is 12.2. The minimum absolute atomic E-state index is 0.00630. The third-order valence-corrected chi connectivity index (χ3v) is 5.42. The topological polar surface area (TPSA) is 97.0 Å². The van der Waals surface area contributed by atoms with Crippen LogP contribution in [0.15, 0.2) is 61.2 Å². The van der Waals surface area contributed by atoms with Gasteiger partial charge in [0, 0.05) is 18.0 Å². The summed E-state index contributed by atoms with van der Waals surface area (Å²) in [7, 11) is 1.56. The van der Waals surface area contributed by atoms with E-state index < -0.39 is 35.6 Å². The number of benzene rings is 2. The van der Waals surface area contributed by atoms with Crippen molar-refractivity contribution in [1.82, 2.24) is 10.2 Å². The number of carbonyl (C=O) groups excluding carboxylic acids is 3. The Kier molecular flexibility index (Phi) is 10.4. The van der Waals surface area contributed by atoms with Gasteiger partial charge in [-0.3, -0.25) is 9.59 Å². The zero-order chi connectivity index (χ0) is 26.9. The zero-order valence-electron chi connectivity index (χ0n) is 21.4. The third-order valence-electron chi connectivity index (χ3n) is 5.06. The number of methoxy groups -OCH3 is 1. The number of carbonyl (C=O) groups is 3. The first-order valence-corrected chi connectivity index (χ1v) is 12.2. The van der Waals surface area contributed by atoms with Crippen LogP contribution in [0.1, 0.15) is 37.9 Å². The van der Waals surface area contributed by atoms with Gasteiger partial charge in [0.2, 0.25) is 5.91 Å². The Morgan fingerprint density at radius 3 is 2.33 bits per heavy atom. The number of nitrogens with one attached hydrogen (secondary N) is 2. The lowest BCUT2D eigenvalue weighted by Crippen LogP contribution is -2.53. The highest BCUT2D eigenvalue weighted by atomic mass is 32.1. The van der Waals surface area contributed by atoms with Crippen molar-refractivity contribution < 1.29 is 23.9 Å². The van der Waals surface area contributed by atoms with Gasteiger partial charge < -0.3 is 25.0 Å². The number of nitrogens with zero attached hydrogens (tertiary/aromatic N) is 1. The average Bonchev–Trinajstić information content (AvgIpc) is 2.81. The molecule has 0 saturated heterocycles. The number of amides is 3. The SMILES string of the molecule is C=CCN(C(=O)C(CS)NC(=O)OC(C)(C)C)C(C(=O)Nc1ccc(OC)cc1)c1cccc(C)c1. The lowest BCUT2D eigenvalue weighted by Gasteiger charge is -2.33. The first-order valence-electron chi connectivity index (χ1n) is 11.5. The fourth-order valence-corrected chi connectivity index (χ4v) is 3.74. The summed E-state index contributed by atoms with van der Waals surface area (Å²) in [5.41, 5.74) is 1.35. The molecule has 2 rings (SSSR count). The summed E-state index contributed by atoms with van der Waals surface area (Å²) >= 11 is 4.27. The molecule has 194 valence electrons. The van der Waals surface area contributed by atoms with Crippen LogP contribution in [0.4, 0.5) is 10.5 Å². The minimum atomic E-state index is -1.02. The average molecular weight is 514 g/mol. The van der Waals surface area contributed by atoms with Gasteiger partial charge >= 0.3 is 6.09 Å². The molecular weight excluding hydrogens is 478 g/mol. The number of ether oxygens (including phenoxy) is 2. The molecule has 2 N–H and O–H groups in total. The van der Waals surface area contributed by atoms with Crippen LogP contribution in [0, 0.1) is 6.92 Å². The van der Waals surface area contributed by atoms with Crippen molar-refractivity contribution in [2.24, 2.45) is 0 Å². The van der Waals surface area contributed by atoms with Crippen LogP contribution in [0.5, 0.6) is 5.75 Å². The number of aryl methyl sites for hydroxylation is 1. The van der Waals surface area contributed by atoms with Crippen LogP contribution in [-0.2, 0) is 14.3 Å². The molecule has 0 heterocycles. The van der Waals surface area contributed by atoms with Crippen LogP contribution in [0.2, 0.25) is 0 Å². The number of thiol groups is 1. The predicted molar refractivity (Wildman–Crippen MR) is 144 cm³/mol.